The third-order valence-corrected chi connectivity index (χ3v) is 5.77. The number of amides is 2. The van der Waals surface area contributed by atoms with Gasteiger partial charge in [-0.05, 0) is 49.7 Å². The number of carbonyl (C=O) groups excluding carboxylic acids is 2. The number of rotatable bonds is 4. The molecule has 1 aromatic carbocycles. The Morgan fingerprint density at radius 1 is 1.16 bits per heavy atom. The van der Waals surface area contributed by atoms with Crippen LogP contribution in [0.1, 0.15) is 18.7 Å². The van der Waals surface area contributed by atoms with Crippen LogP contribution in [0.15, 0.2) is 42.6 Å². The Morgan fingerprint density at radius 3 is 2.62 bits per heavy atom. The average molecular weight is 433 g/mol. The van der Waals surface area contributed by atoms with Crippen LogP contribution in [0, 0.1) is 12.7 Å². The molecule has 0 spiro atoms. The van der Waals surface area contributed by atoms with Crippen molar-refractivity contribution in [2.24, 2.45) is 12.8 Å². The summed E-state index contributed by atoms with van der Waals surface area (Å²) in [5, 5.41) is 4.68. The highest BCUT2D eigenvalue weighted by Gasteiger charge is 2.37. The van der Waals surface area contributed by atoms with E-state index in [9.17, 15) is 14.0 Å². The van der Waals surface area contributed by atoms with Gasteiger partial charge in [0.1, 0.15) is 23.4 Å². The number of benzene rings is 1. The number of anilines is 1. The van der Waals surface area contributed by atoms with Crippen LogP contribution in [0.4, 0.5) is 10.2 Å². The first-order valence-electron chi connectivity index (χ1n) is 10.1. The van der Waals surface area contributed by atoms with Gasteiger partial charge in [-0.1, -0.05) is 0 Å². The van der Waals surface area contributed by atoms with E-state index in [4.69, 9.17) is 5.73 Å². The first kappa shape index (κ1) is 19.9. The number of hydrogen-bond acceptors (Lipinski definition) is 5. The molecule has 1 saturated heterocycles. The minimum Gasteiger partial charge on any atom is -0.368 e. The standard InChI is InChI=1S/C22H20FN7O2/c1-12-25-20(13-3-5-14(23)6-4-13)21(28(12)2)15-7-9-17-26-18(11-29(17)27-15)30-16(22(24)32)8-10-19(30)31/h3-7,9,11,16H,8,10H2,1-2H3,(H2,24,32)/t16-/m0/s1. The van der Waals surface area contributed by atoms with E-state index in [-0.39, 0.29) is 18.1 Å². The molecule has 1 atom stereocenters. The maximum absolute atomic E-state index is 13.4. The van der Waals surface area contributed by atoms with E-state index in [1.165, 1.54) is 17.0 Å². The molecule has 162 valence electrons. The summed E-state index contributed by atoms with van der Waals surface area (Å²) in [5.41, 5.74) is 8.83. The van der Waals surface area contributed by atoms with Crippen LogP contribution in [0.3, 0.4) is 0 Å². The molecular weight excluding hydrogens is 413 g/mol. The second-order valence-corrected chi connectivity index (χ2v) is 7.76. The number of nitrogens with two attached hydrogens (primary N) is 1. The number of nitrogens with zero attached hydrogens (tertiary/aromatic N) is 6. The Labute approximate surface area is 182 Å². The third-order valence-electron chi connectivity index (χ3n) is 5.77. The predicted molar refractivity (Wildman–Crippen MR) is 115 cm³/mol. The SMILES string of the molecule is Cc1nc(-c2ccc(F)cc2)c(-c2ccc3nc(N4C(=O)CC[C@H]4C(N)=O)cn3n2)n1C. The summed E-state index contributed by atoms with van der Waals surface area (Å²) < 4.78 is 16.9. The van der Waals surface area contributed by atoms with Gasteiger partial charge in [0.15, 0.2) is 11.5 Å². The van der Waals surface area contributed by atoms with Crippen LogP contribution >= 0.6 is 0 Å². The summed E-state index contributed by atoms with van der Waals surface area (Å²) >= 11 is 0. The number of imidazole rings is 2. The van der Waals surface area contributed by atoms with Crippen LogP contribution in [0.2, 0.25) is 0 Å². The number of fused-ring (bicyclic) bond motifs is 1. The fourth-order valence-corrected chi connectivity index (χ4v) is 4.06. The van der Waals surface area contributed by atoms with Crippen molar-refractivity contribution in [2.45, 2.75) is 25.8 Å². The highest BCUT2D eigenvalue weighted by atomic mass is 19.1. The molecule has 0 radical (unpaired) electrons. The third kappa shape index (κ3) is 3.11. The van der Waals surface area contributed by atoms with E-state index < -0.39 is 11.9 Å². The molecule has 1 aliphatic rings. The van der Waals surface area contributed by atoms with Gasteiger partial charge in [-0.2, -0.15) is 5.10 Å². The van der Waals surface area contributed by atoms with Gasteiger partial charge >= 0.3 is 0 Å². The molecule has 0 saturated carbocycles. The normalized spacial score (nSPS) is 16.3. The first-order valence-corrected chi connectivity index (χ1v) is 10.1. The number of hydrogen-bond donors (Lipinski definition) is 1. The zero-order valence-corrected chi connectivity index (χ0v) is 17.5. The minimum absolute atomic E-state index is 0.196. The number of halogens is 1. The van der Waals surface area contributed by atoms with Crippen molar-refractivity contribution in [3.8, 4) is 22.6 Å². The zero-order chi connectivity index (χ0) is 22.6. The van der Waals surface area contributed by atoms with Crippen molar-refractivity contribution in [3.63, 3.8) is 0 Å². The first-order chi connectivity index (χ1) is 15.3. The van der Waals surface area contributed by atoms with Crippen LogP contribution in [-0.2, 0) is 16.6 Å². The zero-order valence-electron chi connectivity index (χ0n) is 17.5. The molecule has 3 aromatic heterocycles. The topological polar surface area (TPSA) is 111 Å². The Bertz CT molecular complexity index is 1370. The summed E-state index contributed by atoms with van der Waals surface area (Å²) in [4.78, 5) is 34.6. The lowest BCUT2D eigenvalue weighted by molar-refractivity contribution is -0.121. The molecule has 5 rings (SSSR count). The van der Waals surface area contributed by atoms with Gasteiger partial charge in [0.2, 0.25) is 11.8 Å². The summed E-state index contributed by atoms with van der Waals surface area (Å²) in [6.07, 6.45) is 2.23. The highest BCUT2D eigenvalue weighted by Crippen LogP contribution is 2.32. The van der Waals surface area contributed by atoms with Gasteiger partial charge in [0, 0.05) is 19.0 Å². The van der Waals surface area contributed by atoms with Gasteiger partial charge in [-0.3, -0.25) is 14.5 Å². The predicted octanol–water partition coefficient (Wildman–Crippen LogP) is 2.23. The fourth-order valence-electron chi connectivity index (χ4n) is 4.06. The second kappa shape index (κ2) is 7.26. The van der Waals surface area contributed by atoms with Crippen molar-refractivity contribution in [2.75, 3.05) is 4.90 Å². The van der Waals surface area contributed by atoms with Gasteiger partial charge in [0.25, 0.3) is 0 Å². The van der Waals surface area contributed by atoms with E-state index >= 15 is 0 Å². The molecular formula is C22H20FN7O2. The Hall–Kier alpha value is -4.08. The molecule has 4 heterocycles. The Kier molecular flexibility index (Phi) is 4.50. The summed E-state index contributed by atoms with van der Waals surface area (Å²) in [6.45, 7) is 1.88. The maximum atomic E-state index is 13.4. The van der Waals surface area contributed by atoms with Crippen molar-refractivity contribution in [1.82, 2.24) is 24.1 Å². The lowest BCUT2D eigenvalue weighted by Crippen LogP contribution is -2.42. The Morgan fingerprint density at radius 2 is 1.91 bits per heavy atom. The monoisotopic (exact) mass is 433 g/mol. The van der Waals surface area contributed by atoms with Crippen LogP contribution < -0.4 is 10.6 Å². The minimum atomic E-state index is -0.711. The lowest BCUT2D eigenvalue weighted by Gasteiger charge is -2.19. The second-order valence-electron chi connectivity index (χ2n) is 7.76. The molecule has 2 N–H and O–H groups in total. The van der Waals surface area contributed by atoms with E-state index in [0.29, 0.717) is 29.3 Å². The number of carbonyl (C=O) groups is 2. The molecule has 1 aliphatic heterocycles. The Balaban J connectivity index is 1.60. The fraction of sp³-hybridized carbons (Fsp3) is 0.227. The van der Waals surface area contributed by atoms with Gasteiger partial charge in [-0.25, -0.2) is 18.9 Å². The molecule has 0 aliphatic carbocycles. The summed E-state index contributed by atoms with van der Waals surface area (Å²) in [5.74, 6) is 0.0358. The lowest BCUT2D eigenvalue weighted by atomic mass is 10.1. The summed E-state index contributed by atoms with van der Waals surface area (Å²) in [7, 11) is 1.89. The molecule has 1 fully saturated rings. The maximum Gasteiger partial charge on any atom is 0.240 e. The highest BCUT2D eigenvalue weighted by molar-refractivity contribution is 6.02. The molecule has 2 amide bonds. The van der Waals surface area contributed by atoms with E-state index in [1.807, 2.05) is 24.6 Å². The number of aromatic nitrogens is 5. The molecule has 9 nitrogen and oxygen atoms in total. The van der Waals surface area contributed by atoms with Crippen molar-refractivity contribution < 1.29 is 14.0 Å². The van der Waals surface area contributed by atoms with Gasteiger partial charge < -0.3 is 10.3 Å². The van der Waals surface area contributed by atoms with Crippen LogP contribution in [0.25, 0.3) is 28.3 Å². The molecule has 4 aromatic rings. The average Bonchev–Trinajstić information content (AvgIpc) is 3.43. The molecule has 0 unspecified atom stereocenters. The molecule has 0 bridgehead atoms. The van der Waals surface area contributed by atoms with E-state index in [2.05, 4.69) is 15.1 Å². The molecule has 32 heavy (non-hydrogen) atoms. The van der Waals surface area contributed by atoms with Crippen LogP contribution in [0.5, 0.6) is 0 Å². The van der Waals surface area contributed by atoms with E-state index in [0.717, 1.165) is 17.1 Å². The summed E-state index contributed by atoms with van der Waals surface area (Å²) in [6, 6.07) is 9.02. The largest absolute Gasteiger partial charge is 0.368 e. The van der Waals surface area contributed by atoms with Gasteiger partial charge in [-0.15, -0.1) is 0 Å². The molecule has 10 heteroatoms. The van der Waals surface area contributed by atoms with Crippen molar-refractivity contribution in [3.05, 3.63) is 54.2 Å². The van der Waals surface area contributed by atoms with Crippen molar-refractivity contribution in [1.29, 1.82) is 0 Å². The van der Waals surface area contributed by atoms with Gasteiger partial charge in [0.05, 0.1) is 17.6 Å². The smallest absolute Gasteiger partial charge is 0.240 e. The van der Waals surface area contributed by atoms with Crippen LogP contribution in [-0.4, -0.2) is 42.0 Å². The number of primary amides is 1. The quantitative estimate of drug-likeness (QED) is 0.531. The number of aryl methyl sites for hydroxylation is 1. The van der Waals surface area contributed by atoms with Crippen molar-refractivity contribution >= 4 is 23.3 Å². The van der Waals surface area contributed by atoms with E-state index in [1.54, 1.807) is 28.9 Å².